The molecule has 34 heavy (non-hydrogen) atoms. The van der Waals surface area contributed by atoms with Crippen molar-refractivity contribution >= 4 is 6.09 Å². The lowest BCUT2D eigenvalue weighted by Gasteiger charge is -2.46. The first-order chi connectivity index (χ1) is 16.3. The third kappa shape index (κ3) is 6.36. The van der Waals surface area contributed by atoms with Gasteiger partial charge in [0.2, 0.25) is 0 Å². The highest BCUT2D eigenvalue weighted by atomic mass is 16.8. The lowest BCUT2D eigenvalue weighted by Crippen LogP contribution is -2.54. The van der Waals surface area contributed by atoms with Crippen LogP contribution >= 0.6 is 0 Å². The number of carbonyl (C=O) groups excluding carboxylic acids is 1. The first-order valence-electron chi connectivity index (χ1n) is 12.9. The number of likely N-dealkylation sites (tertiary alicyclic amines) is 1. The summed E-state index contributed by atoms with van der Waals surface area (Å²) in [6, 6.07) is -0.0133. The Morgan fingerprint density at radius 3 is 2.76 bits per heavy atom. The Kier molecular flexibility index (Phi) is 7.92. The fourth-order valence-corrected chi connectivity index (χ4v) is 5.36. The number of nitrogens with one attached hydrogen (secondary N) is 1. The van der Waals surface area contributed by atoms with E-state index in [1.54, 1.807) is 0 Å². The molecular weight excluding hydrogens is 434 g/mol. The second kappa shape index (κ2) is 10.7. The molecule has 1 aromatic heterocycles. The number of carbonyl (C=O) groups is 1. The molecular formula is C25H41N5O4. The number of hydrogen-bond donors (Lipinski definition) is 1. The molecule has 0 bridgehead atoms. The summed E-state index contributed by atoms with van der Waals surface area (Å²) in [5.74, 6) is 2.35. The van der Waals surface area contributed by atoms with Gasteiger partial charge in [0.15, 0.2) is 12.1 Å². The maximum absolute atomic E-state index is 13.2. The maximum Gasteiger partial charge on any atom is 0.410 e. The van der Waals surface area contributed by atoms with Gasteiger partial charge in [0, 0.05) is 13.0 Å². The molecule has 2 aliphatic heterocycles. The highest BCUT2D eigenvalue weighted by Crippen LogP contribution is 2.45. The van der Waals surface area contributed by atoms with Crippen molar-refractivity contribution in [1.29, 1.82) is 0 Å². The Hall–Kier alpha value is -2.00. The molecule has 2 unspecified atom stereocenters. The molecule has 9 nitrogen and oxygen atoms in total. The number of aromatic amines is 1. The predicted octanol–water partition coefficient (Wildman–Crippen LogP) is 4.27. The van der Waals surface area contributed by atoms with Gasteiger partial charge in [-0.1, -0.05) is 38.3 Å². The van der Waals surface area contributed by atoms with Gasteiger partial charge in [-0.3, -0.25) is 0 Å². The van der Waals surface area contributed by atoms with E-state index < -0.39 is 5.60 Å². The van der Waals surface area contributed by atoms with E-state index >= 15 is 0 Å². The largest absolute Gasteiger partial charge is 0.444 e. The molecule has 1 N–H and O–H groups in total. The number of tetrazole rings is 1. The van der Waals surface area contributed by atoms with E-state index in [9.17, 15) is 4.79 Å². The molecule has 0 radical (unpaired) electrons. The number of fused-ring (bicyclic) bond motifs is 1. The topological polar surface area (TPSA) is 106 Å². The first kappa shape index (κ1) is 25.1. The van der Waals surface area contributed by atoms with Crippen molar-refractivity contribution in [2.45, 2.75) is 104 Å². The maximum atomic E-state index is 13.2. The number of rotatable bonds is 8. The van der Waals surface area contributed by atoms with Crippen molar-refractivity contribution < 1.29 is 19.0 Å². The zero-order valence-electron chi connectivity index (χ0n) is 21.3. The summed E-state index contributed by atoms with van der Waals surface area (Å²) >= 11 is 0. The van der Waals surface area contributed by atoms with Crippen molar-refractivity contribution in [2.24, 2.45) is 17.8 Å². The molecule has 9 heteroatoms. The minimum atomic E-state index is -0.522. The second-order valence-electron chi connectivity index (χ2n) is 11.1. The standard InChI is InChI=1S/C25H41N5O4/c1-6-16(7-2)15-32-23-22(33-23)20-13-19-12-17(9-11-21-26-28-29-27-21)8-10-18(19)14-30(20)24(31)34-25(3,4)5/h9,16,18-20,22-23H,6-8,10-15H2,1-5H3,(H,26,27,28,29)/b17-9+/t18-,19+,20-,22?,23?/m0/s1. The zero-order valence-corrected chi connectivity index (χ0v) is 21.3. The molecule has 4 rings (SSSR count). The molecule has 1 aromatic rings. The number of nitrogens with zero attached hydrogens (tertiary/aromatic N) is 4. The third-order valence-corrected chi connectivity index (χ3v) is 7.52. The average Bonchev–Trinajstić information content (AvgIpc) is 3.37. The van der Waals surface area contributed by atoms with Gasteiger partial charge < -0.3 is 19.1 Å². The van der Waals surface area contributed by atoms with Gasteiger partial charge >= 0.3 is 6.09 Å². The van der Waals surface area contributed by atoms with Crippen molar-refractivity contribution in [3.63, 3.8) is 0 Å². The molecule has 1 aliphatic carbocycles. The lowest BCUT2D eigenvalue weighted by atomic mass is 9.70. The van der Waals surface area contributed by atoms with Crippen LogP contribution in [0.25, 0.3) is 0 Å². The van der Waals surface area contributed by atoms with Crippen LogP contribution in [0, 0.1) is 17.8 Å². The first-order valence-corrected chi connectivity index (χ1v) is 12.9. The van der Waals surface area contributed by atoms with Crippen LogP contribution in [-0.2, 0) is 20.6 Å². The summed E-state index contributed by atoms with van der Waals surface area (Å²) in [4.78, 5) is 15.1. The van der Waals surface area contributed by atoms with Crippen molar-refractivity contribution in [3.05, 3.63) is 17.5 Å². The highest BCUT2D eigenvalue weighted by molar-refractivity contribution is 5.69. The van der Waals surface area contributed by atoms with Gasteiger partial charge in [0.1, 0.15) is 11.7 Å². The Balaban J connectivity index is 1.42. The fraction of sp³-hybridized carbons (Fsp3) is 0.840. The van der Waals surface area contributed by atoms with Gasteiger partial charge in [-0.05, 0) is 74.6 Å². The minimum absolute atomic E-state index is 0.0133. The number of hydrogen-bond acceptors (Lipinski definition) is 7. The summed E-state index contributed by atoms with van der Waals surface area (Å²) in [5, 5.41) is 14.1. The van der Waals surface area contributed by atoms with Crippen LogP contribution in [0.1, 0.15) is 79.0 Å². The van der Waals surface area contributed by atoms with E-state index in [-0.39, 0.29) is 24.5 Å². The van der Waals surface area contributed by atoms with E-state index in [1.165, 1.54) is 5.57 Å². The second-order valence-corrected chi connectivity index (χ2v) is 11.1. The molecule has 3 aliphatic rings. The molecule has 3 heterocycles. The fourth-order valence-electron chi connectivity index (χ4n) is 5.36. The zero-order chi connectivity index (χ0) is 24.3. The van der Waals surface area contributed by atoms with Crippen LogP contribution in [0.5, 0.6) is 0 Å². The van der Waals surface area contributed by atoms with E-state index in [4.69, 9.17) is 14.2 Å². The summed E-state index contributed by atoms with van der Waals surface area (Å²) in [6.07, 6.45) is 8.78. The minimum Gasteiger partial charge on any atom is -0.444 e. The van der Waals surface area contributed by atoms with Gasteiger partial charge in [0.25, 0.3) is 0 Å². The molecule has 3 fully saturated rings. The SMILES string of the molecule is CCC(CC)COC1OC1[C@@H]1C[C@H]2C/C(=C/Cc3nnn[nH]3)CC[C@H]2CN1C(=O)OC(C)(C)C. The smallest absolute Gasteiger partial charge is 0.410 e. The predicted molar refractivity (Wildman–Crippen MR) is 127 cm³/mol. The lowest BCUT2D eigenvalue weighted by molar-refractivity contribution is -0.0156. The Labute approximate surface area is 203 Å². The Bertz CT molecular complexity index is 833. The van der Waals surface area contributed by atoms with Crippen LogP contribution in [0.3, 0.4) is 0 Å². The van der Waals surface area contributed by atoms with Gasteiger partial charge in [-0.25, -0.2) is 9.89 Å². The molecule has 190 valence electrons. The van der Waals surface area contributed by atoms with E-state index in [2.05, 4.69) is 40.5 Å². The van der Waals surface area contributed by atoms with Crippen LogP contribution in [0.2, 0.25) is 0 Å². The number of ether oxygens (including phenoxy) is 3. The summed E-state index contributed by atoms with van der Waals surface area (Å²) < 4.78 is 17.9. The quantitative estimate of drug-likeness (QED) is 0.442. The highest BCUT2D eigenvalue weighted by Gasteiger charge is 2.54. The van der Waals surface area contributed by atoms with Crippen LogP contribution in [0.15, 0.2) is 11.6 Å². The van der Waals surface area contributed by atoms with Crippen LogP contribution in [-0.4, -0.2) is 68.8 Å². The van der Waals surface area contributed by atoms with Gasteiger partial charge in [-0.15, -0.1) is 5.10 Å². The van der Waals surface area contributed by atoms with Gasteiger partial charge in [0.05, 0.1) is 12.6 Å². The Morgan fingerprint density at radius 2 is 2.09 bits per heavy atom. The summed E-state index contributed by atoms with van der Waals surface area (Å²) in [6.45, 7) is 11.6. The normalized spacial score (nSPS) is 30.5. The number of amides is 1. The van der Waals surface area contributed by atoms with Crippen molar-refractivity contribution in [2.75, 3.05) is 13.2 Å². The Morgan fingerprint density at radius 1 is 1.29 bits per heavy atom. The molecule has 0 aromatic carbocycles. The summed E-state index contributed by atoms with van der Waals surface area (Å²) in [7, 11) is 0. The van der Waals surface area contributed by atoms with E-state index in [0.717, 1.165) is 57.3 Å². The van der Waals surface area contributed by atoms with E-state index in [1.807, 2.05) is 25.7 Å². The molecule has 0 spiro atoms. The van der Waals surface area contributed by atoms with Crippen LogP contribution < -0.4 is 0 Å². The number of H-pyrrole nitrogens is 1. The van der Waals surface area contributed by atoms with Crippen molar-refractivity contribution in [3.8, 4) is 0 Å². The number of epoxide rings is 1. The average molecular weight is 476 g/mol. The molecule has 1 amide bonds. The van der Waals surface area contributed by atoms with Crippen molar-refractivity contribution in [1.82, 2.24) is 25.5 Å². The van der Waals surface area contributed by atoms with E-state index in [0.29, 0.717) is 24.4 Å². The monoisotopic (exact) mass is 475 g/mol. The summed E-state index contributed by atoms with van der Waals surface area (Å²) in [5.41, 5.74) is 0.937. The van der Waals surface area contributed by atoms with Crippen LogP contribution in [0.4, 0.5) is 4.79 Å². The molecule has 1 saturated carbocycles. The number of piperidine rings is 1. The molecule has 2 saturated heterocycles. The molecule has 5 atom stereocenters. The van der Waals surface area contributed by atoms with Gasteiger partial charge in [-0.2, -0.15) is 0 Å². The third-order valence-electron chi connectivity index (χ3n) is 7.52. The number of aromatic nitrogens is 4. The number of allylic oxidation sites excluding steroid dienone is 2.